The number of carbonyl (C=O) groups is 6. The Kier molecular flexibility index (Phi) is 102. The summed E-state index contributed by atoms with van der Waals surface area (Å²) in [7, 11) is 13.2. The summed E-state index contributed by atoms with van der Waals surface area (Å²) in [5.74, 6) is -0.236. The van der Waals surface area contributed by atoms with Crippen LogP contribution in [0.2, 0.25) is 0 Å². The van der Waals surface area contributed by atoms with Gasteiger partial charge in [-0.3, -0.25) is 28.8 Å². The van der Waals surface area contributed by atoms with Crippen molar-refractivity contribution in [3.8, 4) is 0 Å². The van der Waals surface area contributed by atoms with Gasteiger partial charge in [-0.25, -0.2) is 0 Å². The zero-order valence-electron chi connectivity index (χ0n) is 88.3. The first-order valence-corrected chi connectivity index (χ1v) is 57.2. The van der Waals surface area contributed by atoms with Crippen molar-refractivity contribution in [1.29, 1.82) is 0 Å². The number of hydrogen-bond acceptors (Lipinski definition) is 13. The Balaban J connectivity index is -0.000000875. The lowest BCUT2D eigenvalue weighted by Crippen LogP contribution is -2.46. The molecule has 0 aromatic rings. The van der Waals surface area contributed by atoms with Gasteiger partial charge in [-0.15, -0.1) is 0 Å². The van der Waals surface area contributed by atoms with Crippen LogP contribution in [-0.4, -0.2) is 150 Å². The molecule has 0 spiro atoms. The van der Waals surface area contributed by atoms with Gasteiger partial charge in [-0.1, -0.05) is 504 Å². The first kappa shape index (κ1) is 132. The van der Waals surface area contributed by atoms with Crippen LogP contribution in [0.5, 0.6) is 0 Å². The molecule has 0 N–H and O–H groups in total. The van der Waals surface area contributed by atoms with Crippen molar-refractivity contribution in [3.63, 3.8) is 0 Å². The number of carbonyl (C=O) groups excluding carboxylic acids is 6. The predicted molar refractivity (Wildman–Crippen MR) is 543 cm³/mol. The molecule has 17 heteroatoms. The number of hydrogen-bond donors (Lipinski definition) is 0. The Morgan fingerprint density at radius 1 is 0.188 bits per heavy atom. The molecule has 0 amide bonds. The van der Waals surface area contributed by atoms with Crippen molar-refractivity contribution in [3.05, 3.63) is 0 Å². The number of esters is 3. The molecule has 0 bridgehead atoms. The summed E-state index contributed by atoms with van der Waals surface area (Å²) in [6.07, 6.45) is 102. The Labute approximate surface area is 796 Å². The molecule has 0 aromatic carbocycles. The van der Waals surface area contributed by atoms with Crippen LogP contribution in [0.25, 0.3) is 0 Å². The molecule has 3 unspecified atom stereocenters. The maximum Gasteiger partial charge on any atom is 0.306 e. The lowest BCUT2D eigenvalue weighted by Gasteiger charge is -2.36. The van der Waals surface area contributed by atoms with Crippen molar-refractivity contribution in [2.24, 2.45) is 0 Å². The highest BCUT2D eigenvalue weighted by Crippen LogP contribution is 2.23. The smallest absolute Gasteiger partial charge is 0.306 e. The molecule has 16 nitrogen and oxygen atoms in total. The number of quaternary nitrogens is 3. The number of Topliss-reactive ketones (excluding diaryl/α,β-unsaturated/α-hetero) is 3. The summed E-state index contributed by atoms with van der Waals surface area (Å²) in [6.45, 7) is 15.3. The minimum absolute atomic E-state index is 0.111. The normalized spacial score (nSPS) is 12.5. The van der Waals surface area contributed by atoms with Gasteiger partial charge in [0.25, 0.3) is 0 Å². The first-order valence-electron chi connectivity index (χ1n) is 55.7. The van der Waals surface area contributed by atoms with Gasteiger partial charge in [0.05, 0.1) is 63.4 Å². The van der Waals surface area contributed by atoms with E-state index in [-0.39, 0.29) is 35.3 Å². The second-order valence-electron chi connectivity index (χ2n) is 42.2. The summed E-state index contributed by atoms with van der Waals surface area (Å²) in [5, 5.41) is 0. The molecule has 0 saturated heterocycles. The average molecular weight is 1840 g/mol. The monoisotopic (exact) mass is 1840 g/mol. The number of nitrogens with zero attached hydrogens (tertiary/aromatic N) is 3. The van der Waals surface area contributed by atoms with Gasteiger partial charge in [-0.05, 0) is 38.5 Å². The second kappa shape index (κ2) is 98.9. The number of likely N-dealkylation sites (N-methyl/N-ethyl adjacent to an activating group) is 3. The van der Waals surface area contributed by atoms with E-state index in [4.69, 9.17) is 33.5 Å². The highest BCUT2D eigenvalue weighted by molar-refractivity contribution is 7.40. The van der Waals surface area contributed by atoms with Crippen LogP contribution < -0.4 is 14.7 Å². The minimum Gasteiger partial charge on any atom is -0.822 e. The third kappa shape index (κ3) is 116. The number of unbranched alkanes of at least 4 members (excludes halogenated alkanes) is 72. The van der Waals surface area contributed by atoms with Gasteiger partial charge in [-0.2, -0.15) is 7.82 Å². The van der Waals surface area contributed by atoms with Gasteiger partial charge < -0.3 is 46.9 Å². The Morgan fingerprint density at radius 3 is 0.383 bits per heavy atom. The van der Waals surface area contributed by atoms with Crippen LogP contribution in [0.3, 0.4) is 0 Å². The standard InChI is InChI=1S/3C37H74NO3.H3O4P/c3*1-6-8-10-12-14-16-18-20-22-24-26-28-30-32-35(39)36(34-38(3,4)5)41-37(40)33-31-29-27-25-23-21-19-17-15-13-11-9-7-2;1-5(2,3)4/h3*36H,6-34H2,1-5H3;(H3,1,2,3,4)/q3*+1;/p-3. The maximum absolute atomic E-state index is 13.0. The fraction of sp³-hybridized carbons (Fsp3) is 0.946. The molecule has 0 aliphatic heterocycles. The molecule has 0 radical (unpaired) electrons. The number of ether oxygens (including phenoxy) is 3. The lowest BCUT2D eigenvalue weighted by molar-refractivity contribution is -0.872. The highest BCUT2D eigenvalue weighted by Gasteiger charge is 2.31. The van der Waals surface area contributed by atoms with Crippen LogP contribution >= 0.6 is 7.82 Å². The highest BCUT2D eigenvalue weighted by atomic mass is 31.2. The van der Waals surface area contributed by atoms with E-state index >= 15 is 0 Å². The predicted octanol–water partition coefficient (Wildman–Crippen LogP) is 30.6. The quantitative estimate of drug-likeness (QED) is 0.0182. The van der Waals surface area contributed by atoms with E-state index < -0.39 is 26.1 Å². The Bertz CT molecular complexity index is 2170. The van der Waals surface area contributed by atoms with E-state index in [9.17, 15) is 28.8 Å². The van der Waals surface area contributed by atoms with Gasteiger partial charge in [0, 0.05) is 38.5 Å². The molecule has 764 valence electrons. The third-order valence-electron chi connectivity index (χ3n) is 25.1. The van der Waals surface area contributed by atoms with Crippen LogP contribution in [0.15, 0.2) is 0 Å². The van der Waals surface area contributed by atoms with E-state index in [0.29, 0.717) is 71.6 Å². The van der Waals surface area contributed by atoms with Crippen molar-refractivity contribution in [2.45, 2.75) is 599 Å². The lowest BCUT2D eigenvalue weighted by atomic mass is 10.0. The van der Waals surface area contributed by atoms with Crippen LogP contribution in [0.4, 0.5) is 0 Å². The minimum atomic E-state index is -5.39. The van der Waals surface area contributed by atoms with E-state index in [1.807, 2.05) is 0 Å². The third-order valence-corrected chi connectivity index (χ3v) is 25.1. The summed E-state index contributed by atoms with van der Waals surface area (Å²) in [6, 6.07) is 0. The Hall–Kier alpha value is -2.59. The van der Waals surface area contributed by atoms with E-state index in [2.05, 4.69) is 105 Å². The molecule has 0 rings (SSSR count). The first-order chi connectivity index (χ1) is 61.4. The van der Waals surface area contributed by atoms with Gasteiger partial charge in [0.15, 0.2) is 17.3 Å². The van der Waals surface area contributed by atoms with Crippen LogP contribution in [0, 0.1) is 0 Å². The van der Waals surface area contributed by atoms with E-state index in [1.165, 1.54) is 424 Å². The topological polar surface area (TPSA) is 216 Å². The number of rotatable bonds is 96. The zero-order valence-corrected chi connectivity index (χ0v) is 89.2. The summed E-state index contributed by atoms with van der Waals surface area (Å²) >= 11 is 0. The molecule has 0 aliphatic rings. The summed E-state index contributed by atoms with van der Waals surface area (Å²) in [5.41, 5.74) is 0. The zero-order chi connectivity index (χ0) is 95.8. The fourth-order valence-corrected chi connectivity index (χ4v) is 17.1. The number of phosphoric acid groups is 1. The van der Waals surface area contributed by atoms with Crippen molar-refractivity contribution < 1.29 is 75.7 Å². The maximum atomic E-state index is 13.0. The summed E-state index contributed by atoms with van der Waals surface area (Å²) in [4.78, 5) is 102. The van der Waals surface area contributed by atoms with Crippen LogP contribution in [0.1, 0.15) is 581 Å². The molecule has 0 aromatic heterocycles. The van der Waals surface area contributed by atoms with Crippen molar-refractivity contribution in [1.82, 2.24) is 0 Å². The average Bonchev–Trinajstić information content (AvgIpc) is 0.897. The fourth-order valence-electron chi connectivity index (χ4n) is 17.1. The molecule has 0 heterocycles. The molecular formula is C111H222N3O13P. The molecule has 0 saturated carbocycles. The molecule has 0 aliphatic carbocycles. The van der Waals surface area contributed by atoms with E-state index in [0.717, 1.165) is 77.0 Å². The molecular weight excluding hydrogens is 1610 g/mol. The molecule has 0 fully saturated rings. The second-order valence-corrected chi connectivity index (χ2v) is 43.1. The number of ketones is 3. The summed E-state index contributed by atoms with van der Waals surface area (Å²) < 4.78 is 27.7. The molecule has 128 heavy (non-hydrogen) atoms. The van der Waals surface area contributed by atoms with E-state index in [1.54, 1.807) is 0 Å². The van der Waals surface area contributed by atoms with Crippen molar-refractivity contribution in [2.75, 3.05) is 83.1 Å². The van der Waals surface area contributed by atoms with Crippen molar-refractivity contribution >= 4 is 43.1 Å². The van der Waals surface area contributed by atoms with Crippen LogP contribution in [-0.2, 0) is 47.5 Å². The SMILES string of the molecule is CCCCCCCCCCCCCCCC(=O)OC(C[N+](C)(C)C)C(=O)CCCCCCCCCCCCCCC.CCCCCCCCCCCCCCCC(=O)OC(C[N+](C)(C)C)C(=O)CCCCCCCCCCCCCCC.CCCCCCCCCCCCCCCC(=O)OC(C[N+](C)(C)C)C(=O)CCCCCCCCCCCCCCC.O=P([O-])([O-])[O-]. The largest absolute Gasteiger partial charge is 0.822 e. The Morgan fingerprint density at radius 2 is 0.281 bits per heavy atom. The van der Waals surface area contributed by atoms with Gasteiger partial charge >= 0.3 is 17.9 Å². The van der Waals surface area contributed by atoms with Gasteiger partial charge in [0.1, 0.15) is 19.6 Å². The van der Waals surface area contributed by atoms with Gasteiger partial charge in [0.2, 0.25) is 18.3 Å². The molecule has 3 atom stereocenters.